The van der Waals surface area contributed by atoms with Crippen molar-refractivity contribution in [2.24, 2.45) is 0 Å². The third-order valence-corrected chi connectivity index (χ3v) is 5.42. The molecule has 2 unspecified atom stereocenters. The van der Waals surface area contributed by atoms with E-state index in [0.29, 0.717) is 0 Å². The second kappa shape index (κ2) is 9.52. The van der Waals surface area contributed by atoms with E-state index in [1.165, 1.54) is 11.1 Å². The van der Waals surface area contributed by atoms with E-state index in [4.69, 9.17) is 14.6 Å². The minimum absolute atomic E-state index is 0.0288. The highest BCUT2D eigenvalue weighted by Gasteiger charge is 2.30. The molecule has 0 saturated heterocycles. The van der Waals surface area contributed by atoms with Crippen LogP contribution in [-0.4, -0.2) is 41.5 Å². The van der Waals surface area contributed by atoms with Gasteiger partial charge in [-0.3, -0.25) is 4.79 Å². The molecular weight excluding hydrogens is 394 g/mol. The fraction of sp³-hybridized carbons (Fsp3) is 0.440. The molecule has 166 valence electrons. The smallest absolute Gasteiger partial charge is 0.407 e. The summed E-state index contributed by atoms with van der Waals surface area (Å²) in [6, 6.07) is 15.8. The van der Waals surface area contributed by atoms with Crippen molar-refractivity contribution >= 4 is 12.1 Å². The van der Waals surface area contributed by atoms with Gasteiger partial charge in [0.15, 0.2) is 0 Å². The number of carboxylic acids is 1. The molecule has 0 aromatic heterocycles. The Morgan fingerprint density at radius 3 is 2.10 bits per heavy atom. The second-order valence-electron chi connectivity index (χ2n) is 8.94. The third-order valence-electron chi connectivity index (χ3n) is 5.42. The van der Waals surface area contributed by atoms with E-state index >= 15 is 0 Å². The SMILES string of the molecule is CC(OC(C)(C)C)C(CCC(=O)O)NC(=O)OCC1c2ccccc2-c2ccccc21. The lowest BCUT2D eigenvalue weighted by Crippen LogP contribution is -2.46. The molecule has 0 radical (unpaired) electrons. The summed E-state index contributed by atoms with van der Waals surface area (Å²) < 4.78 is 11.5. The lowest BCUT2D eigenvalue weighted by Gasteiger charge is -2.31. The Hall–Kier alpha value is -2.86. The molecule has 6 nitrogen and oxygen atoms in total. The number of ether oxygens (including phenoxy) is 2. The Labute approximate surface area is 183 Å². The van der Waals surface area contributed by atoms with Gasteiger partial charge in [-0.2, -0.15) is 0 Å². The molecular formula is C25H31NO5. The van der Waals surface area contributed by atoms with Gasteiger partial charge in [0.2, 0.25) is 0 Å². The molecule has 0 saturated carbocycles. The maximum Gasteiger partial charge on any atom is 0.407 e. The highest BCUT2D eigenvalue weighted by atomic mass is 16.6. The van der Waals surface area contributed by atoms with Gasteiger partial charge in [0.1, 0.15) is 6.61 Å². The normalized spacial score (nSPS) is 15.0. The number of hydrogen-bond acceptors (Lipinski definition) is 4. The Bertz CT molecular complexity index is 888. The molecule has 2 N–H and O–H groups in total. The highest BCUT2D eigenvalue weighted by molar-refractivity contribution is 5.79. The zero-order valence-corrected chi connectivity index (χ0v) is 18.6. The molecule has 3 rings (SSSR count). The maximum absolute atomic E-state index is 12.6. The van der Waals surface area contributed by atoms with Gasteiger partial charge in [0.25, 0.3) is 0 Å². The van der Waals surface area contributed by atoms with Crippen LogP contribution in [0.15, 0.2) is 48.5 Å². The number of amides is 1. The molecule has 1 amide bonds. The fourth-order valence-electron chi connectivity index (χ4n) is 4.13. The molecule has 2 atom stereocenters. The Balaban J connectivity index is 1.67. The molecule has 0 fully saturated rings. The van der Waals surface area contributed by atoms with Crippen molar-refractivity contribution in [3.05, 3.63) is 59.7 Å². The Morgan fingerprint density at radius 1 is 1.03 bits per heavy atom. The third kappa shape index (κ3) is 5.85. The summed E-state index contributed by atoms with van der Waals surface area (Å²) in [5.41, 5.74) is 4.20. The largest absolute Gasteiger partial charge is 0.481 e. The summed E-state index contributed by atoms with van der Waals surface area (Å²) in [6.45, 7) is 7.81. The van der Waals surface area contributed by atoms with Crippen molar-refractivity contribution in [2.75, 3.05) is 6.61 Å². The van der Waals surface area contributed by atoms with Gasteiger partial charge >= 0.3 is 12.1 Å². The van der Waals surface area contributed by atoms with E-state index in [2.05, 4.69) is 29.6 Å². The first kappa shape index (κ1) is 22.8. The highest BCUT2D eigenvalue weighted by Crippen LogP contribution is 2.44. The minimum Gasteiger partial charge on any atom is -0.481 e. The first-order chi connectivity index (χ1) is 14.7. The lowest BCUT2D eigenvalue weighted by atomic mass is 9.98. The molecule has 0 spiro atoms. The Morgan fingerprint density at radius 2 is 1.58 bits per heavy atom. The van der Waals surface area contributed by atoms with Crippen LogP contribution < -0.4 is 5.32 Å². The summed E-state index contributed by atoms with van der Waals surface area (Å²) in [6.07, 6.45) is -0.732. The monoisotopic (exact) mass is 425 g/mol. The molecule has 2 aromatic rings. The molecule has 31 heavy (non-hydrogen) atoms. The first-order valence-corrected chi connectivity index (χ1v) is 10.7. The van der Waals surface area contributed by atoms with Crippen molar-refractivity contribution in [1.29, 1.82) is 0 Å². The van der Waals surface area contributed by atoms with Crippen LogP contribution in [0.2, 0.25) is 0 Å². The van der Waals surface area contributed by atoms with Gasteiger partial charge < -0.3 is 19.9 Å². The van der Waals surface area contributed by atoms with Crippen molar-refractivity contribution in [3.8, 4) is 11.1 Å². The van der Waals surface area contributed by atoms with E-state index in [1.807, 2.05) is 52.0 Å². The molecule has 6 heteroatoms. The Kier molecular flexibility index (Phi) is 7.01. The molecule has 0 bridgehead atoms. The van der Waals surface area contributed by atoms with Crippen LogP contribution in [0.3, 0.4) is 0 Å². The quantitative estimate of drug-likeness (QED) is 0.624. The van der Waals surface area contributed by atoms with Crippen LogP contribution >= 0.6 is 0 Å². The van der Waals surface area contributed by atoms with E-state index in [-0.39, 0.29) is 31.5 Å². The molecule has 1 aliphatic carbocycles. The van der Waals surface area contributed by atoms with Gasteiger partial charge in [-0.25, -0.2) is 4.79 Å². The second-order valence-corrected chi connectivity index (χ2v) is 8.94. The number of carboxylic acid groups (broad SMARTS) is 1. The lowest BCUT2D eigenvalue weighted by molar-refractivity contribution is -0.137. The maximum atomic E-state index is 12.6. The molecule has 1 aliphatic rings. The van der Waals surface area contributed by atoms with Crippen molar-refractivity contribution in [1.82, 2.24) is 5.32 Å². The number of carbonyl (C=O) groups is 2. The molecule has 0 aliphatic heterocycles. The van der Waals surface area contributed by atoms with Crippen molar-refractivity contribution in [3.63, 3.8) is 0 Å². The van der Waals surface area contributed by atoms with Crippen LogP contribution in [0.25, 0.3) is 11.1 Å². The number of nitrogens with one attached hydrogen (secondary N) is 1. The van der Waals surface area contributed by atoms with E-state index in [9.17, 15) is 9.59 Å². The van der Waals surface area contributed by atoms with Gasteiger partial charge in [0.05, 0.1) is 17.7 Å². The van der Waals surface area contributed by atoms with Crippen LogP contribution in [0.5, 0.6) is 0 Å². The summed E-state index contributed by atoms with van der Waals surface area (Å²) in [7, 11) is 0. The van der Waals surface area contributed by atoms with Gasteiger partial charge in [-0.1, -0.05) is 48.5 Å². The average molecular weight is 426 g/mol. The zero-order chi connectivity index (χ0) is 22.6. The summed E-state index contributed by atoms with van der Waals surface area (Å²) >= 11 is 0. The predicted octanol–water partition coefficient (Wildman–Crippen LogP) is 4.96. The fourth-order valence-corrected chi connectivity index (χ4v) is 4.13. The number of alkyl carbamates (subject to hydrolysis) is 1. The van der Waals surface area contributed by atoms with Crippen LogP contribution in [0.4, 0.5) is 4.79 Å². The van der Waals surface area contributed by atoms with E-state index in [1.54, 1.807) is 0 Å². The van der Waals surface area contributed by atoms with Crippen LogP contribution in [-0.2, 0) is 14.3 Å². The zero-order valence-electron chi connectivity index (χ0n) is 18.6. The van der Waals surface area contributed by atoms with Crippen LogP contribution in [0.1, 0.15) is 57.6 Å². The topological polar surface area (TPSA) is 84.9 Å². The summed E-state index contributed by atoms with van der Waals surface area (Å²) in [4.78, 5) is 23.7. The first-order valence-electron chi connectivity index (χ1n) is 10.7. The number of benzene rings is 2. The molecule has 0 heterocycles. The van der Waals surface area contributed by atoms with Crippen LogP contribution in [0, 0.1) is 0 Å². The average Bonchev–Trinajstić information content (AvgIpc) is 3.02. The van der Waals surface area contributed by atoms with Gasteiger partial charge in [0, 0.05) is 12.3 Å². The van der Waals surface area contributed by atoms with Gasteiger partial charge in [-0.15, -0.1) is 0 Å². The minimum atomic E-state index is -0.915. The van der Waals surface area contributed by atoms with E-state index in [0.717, 1.165) is 11.1 Å². The summed E-state index contributed by atoms with van der Waals surface area (Å²) in [5, 5.41) is 11.9. The van der Waals surface area contributed by atoms with Crippen molar-refractivity contribution in [2.45, 2.75) is 64.2 Å². The number of hydrogen-bond donors (Lipinski definition) is 2. The number of aliphatic carboxylic acids is 1. The number of carbonyl (C=O) groups excluding carboxylic acids is 1. The molecule has 2 aromatic carbocycles. The number of rotatable bonds is 8. The number of fused-ring (bicyclic) bond motifs is 3. The predicted molar refractivity (Wildman–Crippen MR) is 119 cm³/mol. The van der Waals surface area contributed by atoms with Gasteiger partial charge in [-0.05, 0) is 56.4 Å². The standard InChI is InChI=1S/C25H31NO5/c1-16(31-25(2,3)4)22(13-14-23(27)28)26-24(29)30-15-21-19-11-7-5-9-17(19)18-10-6-8-12-20(18)21/h5-12,16,21-22H,13-15H2,1-4H3,(H,26,29)(H,27,28). The summed E-state index contributed by atoms with van der Waals surface area (Å²) in [5.74, 6) is -0.943. The van der Waals surface area contributed by atoms with Crippen molar-refractivity contribution < 1.29 is 24.2 Å². The van der Waals surface area contributed by atoms with E-state index < -0.39 is 23.7 Å².